The van der Waals surface area contributed by atoms with Gasteiger partial charge in [-0.1, -0.05) is 0 Å². The first-order valence-corrected chi connectivity index (χ1v) is 6.08. The van der Waals surface area contributed by atoms with Gasteiger partial charge < -0.3 is 15.8 Å². The van der Waals surface area contributed by atoms with Gasteiger partial charge in [-0.2, -0.15) is 5.10 Å². The topological polar surface area (TPSA) is 99.2 Å². The molecule has 0 aromatic carbocycles. The minimum absolute atomic E-state index is 0.0129. The number of nitrogens with one attached hydrogen (secondary N) is 1. The minimum atomic E-state index is -0.535. The van der Waals surface area contributed by atoms with Gasteiger partial charge in [-0.15, -0.1) is 0 Å². The summed E-state index contributed by atoms with van der Waals surface area (Å²) in [5.41, 5.74) is 5.61. The number of nitrogens with zero attached hydrogens (tertiary/aromatic N) is 2. The molecule has 1 rings (SSSR count). The van der Waals surface area contributed by atoms with Gasteiger partial charge in [0, 0.05) is 12.6 Å². The molecule has 0 bridgehead atoms. The number of halogens is 1. The summed E-state index contributed by atoms with van der Waals surface area (Å²) >= 11 is 3.17. The normalized spacial score (nSPS) is 12.0. The maximum Gasteiger partial charge on any atom is 0.327 e. The number of aromatic nitrogens is 2. The lowest BCUT2D eigenvalue weighted by Crippen LogP contribution is -2.30. The van der Waals surface area contributed by atoms with Gasteiger partial charge in [-0.05, 0) is 22.9 Å². The van der Waals surface area contributed by atoms with Gasteiger partial charge in [0.2, 0.25) is 0 Å². The lowest BCUT2D eigenvalue weighted by atomic mass is 10.3. The zero-order valence-electron chi connectivity index (χ0n) is 10.1. The summed E-state index contributed by atoms with van der Waals surface area (Å²) in [7, 11) is 1.25. The van der Waals surface area contributed by atoms with E-state index in [0.29, 0.717) is 16.7 Å². The van der Waals surface area contributed by atoms with Crippen molar-refractivity contribution in [1.82, 2.24) is 9.78 Å². The maximum atomic E-state index is 11.9. The van der Waals surface area contributed by atoms with Crippen LogP contribution in [0.15, 0.2) is 15.5 Å². The number of ether oxygens (including phenoxy) is 1. The Morgan fingerprint density at radius 1 is 1.72 bits per heavy atom. The number of hydrogen-bond donors (Lipinski definition) is 2. The smallest absolute Gasteiger partial charge is 0.327 e. The van der Waals surface area contributed by atoms with Crippen molar-refractivity contribution >= 4 is 27.6 Å². The molecule has 18 heavy (non-hydrogen) atoms. The highest BCUT2D eigenvalue weighted by molar-refractivity contribution is 9.10. The van der Waals surface area contributed by atoms with Crippen molar-refractivity contribution < 1.29 is 9.53 Å². The Balaban J connectivity index is 2.98. The number of hydrogen-bond acceptors (Lipinski definition) is 6. The monoisotopic (exact) mass is 318 g/mol. The highest BCUT2D eigenvalue weighted by atomic mass is 79.9. The van der Waals surface area contributed by atoms with E-state index < -0.39 is 11.5 Å². The second-order valence-corrected chi connectivity index (χ2v) is 4.49. The van der Waals surface area contributed by atoms with E-state index in [1.54, 1.807) is 0 Å². The van der Waals surface area contributed by atoms with Crippen molar-refractivity contribution in [2.75, 3.05) is 19.0 Å². The average Bonchev–Trinajstić information content (AvgIpc) is 2.37. The molecular formula is C10H15BrN4O3. The molecule has 0 saturated heterocycles. The first-order chi connectivity index (χ1) is 8.49. The fraction of sp³-hybridized carbons (Fsp3) is 0.500. The highest BCUT2D eigenvalue weighted by Gasteiger charge is 2.12. The SMILES string of the molecule is COC(=O)Cn1ncc(NC(C)CN)c(Br)c1=O. The number of esters is 1. The van der Waals surface area contributed by atoms with Crippen LogP contribution in [0.25, 0.3) is 0 Å². The molecule has 1 heterocycles. The number of carbonyl (C=O) groups is 1. The van der Waals surface area contributed by atoms with Crippen LogP contribution in [0.4, 0.5) is 5.69 Å². The summed E-state index contributed by atoms with van der Waals surface area (Å²) in [4.78, 5) is 23.0. The van der Waals surface area contributed by atoms with Crippen LogP contribution in [-0.2, 0) is 16.1 Å². The summed E-state index contributed by atoms with van der Waals surface area (Å²) < 4.78 is 5.80. The molecule has 1 unspecified atom stereocenters. The standard InChI is InChI=1S/C10H15BrN4O3/c1-6(3-12)14-7-4-13-15(5-8(16)18-2)10(17)9(7)11/h4,6,14H,3,5,12H2,1-2H3. The molecule has 0 fully saturated rings. The van der Waals surface area contributed by atoms with Crippen LogP contribution in [0.5, 0.6) is 0 Å². The summed E-state index contributed by atoms with van der Waals surface area (Å²) in [6, 6.07) is 0.0129. The lowest BCUT2D eigenvalue weighted by Gasteiger charge is -2.14. The van der Waals surface area contributed by atoms with E-state index in [1.807, 2.05) is 6.92 Å². The molecule has 7 nitrogen and oxygen atoms in total. The molecule has 0 aliphatic carbocycles. The fourth-order valence-electron chi connectivity index (χ4n) is 1.19. The van der Waals surface area contributed by atoms with Crippen LogP contribution in [0.3, 0.4) is 0 Å². The van der Waals surface area contributed by atoms with E-state index in [-0.39, 0.29) is 12.6 Å². The Kier molecular flexibility index (Phi) is 5.29. The Morgan fingerprint density at radius 2 is 2.39 bits per heavy atom. The van der Waals surface area contributed by atoms with Crippen LogP contribution in [0, 0.1) is 0 Å². The molecule has 1 aromatic heterocycles. The molecule has 1 aromatic rings. The number of methoxy groups -OCH3 is 1. The van der Waals surface area contributed by atoms with Crippen molar-refractivity contribution in [2.45, 2.75) is 19.5 Å². The van der Waals surface area contributed by atoms with E-state index in [0.717, 1.165) is 4.68 Å². The zero-order valence-corrected chi connectivity index (χ0v) is 11.7. The number of anilines is 1. The first kappa shape index (κ1) is 14.7. The number of carbonyl (C=O) groups excluding carboxylic acids is 1. The van der Waals surface area contributed by atoms with Crippen molar-refractivity contribution in [3.05, 3.63) is 21.0 Å². The molecule has 0 radical (unpaired) electrons. The van der Waals surface area contributed by atoms with Crippen molar-refractivity contribution in [3.63, 3.8) is 0 Å². The van der Waals surface area contributed by atoms with E-state index in [2.05, 4.69) is 31.1 Å². The molecule has 1 atom stereocenters. The molecule has 0 amide bonds. The Bertz CT molecular complexity index is 489. The second-order valence-electron chi connectivity index (χ2n) is 3.69. The summed E-state index contributed by atoms with van der Waals surface area (Å²) in [5.74, 6) is -0.535. The summed E-state index contributed by atoms with van der Waals surface area (Å²) in [5, 5.41) is 6.92. The molecule has 0 spiro atoms. The van der Waals surface area contributed by atoms with Gasteiger partial charge in [0.05, 0.1) is 19.0 Å². The Hall–Kier alpha value is -1.41. The molecule has 100 valence electrons. The Labute approximate surface area is 112 Å². The predicted octanol–water partition coefficient (Wildman–Crippen LogP) is -0.0621. The number of nitrogens with two attached hydrogens (primary N) is 1. The van der Waals surface area contributed by atoms with E-state index in [4.69, 9.17) is 5.73 Å². The second kappa shape index (κ2) is 6.50. The minimum Gasteiger partial charge on any atom is -0.468 e. The Morgan fingerprint density at radius 3 is 2.94 bits per heavy atom. The van der Waals surface area contributed by atoms with Crippen molar-refractivity contribution in [1.29, 1.82) is 0 Å². The molecule has 0 saturated carbocycles. The quantitative estimate of drug-likeness (QED) is 0.738. The molecular weight excluding hydrogens is 304 g/mol. The molecule has 0 aliphatic heterocycles. The number of rotatable bonds is 5. The van der Waals surface area contributed by atoms with Crippen LogP contribution >= 0.6 is 15.9 Å². The van der Waals surface area contributed by atoms with Crippen molar-refractivity contribution in [2.24, 2.45) is 5.73 Å². The lowest BCUT2D eigenvalue weighted by molar-refractivity contribution is -0.141. The molecule has 0 aliphatic rings. The fourth-order valence-corrected chi connectivity index (χ4v) is 1.61. The van der Waals surface area contributed by atoms with Crippen LogP contribution in [0.1, 0.15) is 6.92 Å². The van der Waals surface area contributed by atoms with Crippen LogP contribution in [-0.4, -0.2) is 35.4 Å². The van der Waals surface area contributed by atoms with Gasteiger partial charge in [0.25, 0.3) is 5.56 Å². The molecule has 8 heteroatoms. The largest absolute Gasteiger partial charge is 0.468 e. The summed E-state index contributed by atoms with van der Waals surface area (Å²) in [6.45, 7) is 2.09. The first-order valence-electron chi connectivity index (χ1n) is 5.28. The van der Waals surface area contributed by atoms with E-state index in [9.17, 15) is 9.59 Å². The van der Waals surface area contributed by atoms with Gasteiger partial charge in [-0.3, -0.25) is 9.59 Å². The van der Waals surface area contributed by atoms with E-state index in [1.165, 1.54) is 13.3 Å². The predicted molar refractivity (Wildman–Crippen MR) is 70.4 cm³/mol. The van der Waals surface area contributed by atoms with Gasteiger partial charge in [0.1, 0.15) is 11.0 Å². The zero-order chi connectivity index (χ0) is 13.7. The maximum absolute atomic E-state index is 11.9. The highest BCUT2D eigenvalue weighted by Crippen LogP contribution is 2.16. The average molecular weight is 319 g/mol. The molecule has 3 N–H and O–H groups in total. The van der Waals surface area contributed by atoms with Gasteiger partial charge in [0.15, 0.2) is 0 Å². The summed E-state index contributed by atoms with van der Waals surface area (Å²) in [6.07, 6.45) is 1.46. The van der Waals surface area contributed by atoms with Crippen LogP contribution in [0.2, 0.25) is 0 Å². The third-order valence-corrected chi connectivity index (χ3v) is 3.01. The van der Waals surface area contributed by atoms with Crippen LogP contribution < -0.4 is 16.6 Å². The van der Waals surface area contributed by atoms with E-state index >= 15 is 0 Å². The van der Waals surface area contributed by atoms with Crippen molar-refractivity contribution in [3.8, 4) is 0 Å². The third-order valence-electron chi connectivity index (χ3n) is 2.25. The van der Waals surface area contributed by atoms with Gasteiger partial charge >= 0.3 is 5.97 Å². The van der Waals surface area contributed by atoms with Gasteiger partial charge in [-0.25, -0.2) is 4.68 Å². The third kappa shape index (κ3) is 3.54.